The summed E-state index contributed by atoms with van der Waals surface area (Å²) in [5.74, 6) is 0.782. The highest BCUT2D eigenvalue weighted by Crippen LogP contribution is 2.25. The predicted molar refractivity (Wildman–Crippen MR) is 71.1 cm³/mol. The Morgan fingerprint density at radius 1 is 1.41 bits per heavy atom. The Morgan fingerprint density at radius 2 is 2.18 bits per heavy atom. The van der Waals surface area contributed by atoms with E-state index in [2.05, 4.69) is 26.1 Å². The first kappa shape index (κ1) is 14.9. The van der Waals surface area contributed by atoms with Gasteiger partial charge in [0.15, 0.2) is 0 Å². The molecule has 4 unspecified atom stereocenters. The molecule has 0 bridgehead atoms. The Labute approximate surface area is 106 Å². The molecule has 1 aliphatic carbocycles. The Bertz CT molecular complexity index is 199. The van der Waals surface area contributed by atoms with Gasteiger partial charge in [-0.1, -0.05) is 26.7 Å². The van der Waals surface area contributed by atoms with E-state index in [1.807, 2.05) is 0 Å². The van der Waals surface area contributed by atoms with Crippen molar-refractivity contribution >= 4 is 0 Å². The summed E-state index contributed by atoms with van der Waals surface area (Å²) in [6.45, 7) is 7.68. The van der Waals surface area contributed by atoms with Crippen LogP contribution in [0.4, 0.5) is 0 Å². The molecule has 1 saturated carbocycles. The second-order valence-corrected chi connectivity index (χ2v) is 5.60. The Morgan fingerprint density at radius 3 is 2.82 bits per heavy atom. The van der Waals surface area contributed by atoms with Crippen LogP contribution in [0.5, 0.6) is 0 Å². The van der Waals surface area contributed by atoms with Crippen molar-refractivity contribution < 1.29 is 9.84 Å². The molecule has 3 heteroatoms. The second-order valence-electron chi connectivity index (χ2n) is 5.60. The van der Waals surface area contributed by atoms with Crippen LogP contribution in [0.2, 0.25) is 0 Å². The van der Waals surface area contributed by atoms with Crippen LogP contribution < -0.4 is 5.32 Å². The molecule has 1 aliphatic rings. The number of hydrogen-bond donors (Lipinski definition) is 2. The first-order chi connectivity index (χ1) is 8.11. The number of nitrogens with one attached hydrogen (secondary N) is 1. The van der Waals surface area contributed by atoms with Gasteiger partial charge in [0.05, 0.1) is 18.8 Å². The topological polar surface area (TPSA) is 41.5 Å². The second kappa shape index (κ2) is 8.06. The number of aliphatic hydroxyl groups is 1. The molecule has 0 amide bonds. The summed E-state index contributed by atoms with van der Waals surface area (Å²) < 4.78 is 5.79. The van der Waals surface area contributed by atoms with Gasteiger partial charge in [-0.05, 0) is 32.1 Å². The SMILES string of the molecule is CCC(C)NCC(O)COC1CCCC(C)C1. The van der Waals surface area contributed by atoms with E-state index in [0.717, 1.165) is 25.2 Å². The van der Waals surface area contributed by atoms with Crippen molar-refractivity contribution in [2.75, 3.05) is 13.2 Å². The fraction of sp³-hybridized carbons (Fsp3) is 1.00. The summed E-state index contributed by atoms with van der Waals surface area (Å²) in [5.41, 5.74) is 0. The van der Waals surface area contributed by atoms with E-state index < -0.39 is 0 Å². The van der Waals surface area contributed by atoms with Crippen molar-refractivity contribution in [1.82, 2.24) is 5.32 Å². The highest BCUT2D eigenvalue weighted by atomic mass is 16.5. The van der Waals surface area contributed by atoms with Gasteiger partial charge in [0.2, 0.25) is 0 Å². The van der Waals surface area contributed by atoms with E-state index in [1.165, 1.54) is 12.8 Å². The maximum atomic E-state index is 9.80. The summed E-state index contributed by atoms with van der Waals surface area (Å²) in [6.07, 6.45) is 6.01. The van der Waals surface area contributed by atoms with Gasteiger partial charge < -0.3 is 15.2 Å². The molecule has 4 atom stereocenters. The van der Waals surface area contributed by atoms with Crippen LogP contribution >= 0.6 is 0 Å². The lowest BCUT2D eigenvalue weighted by molar-refractivity contribution is -0.0310. The predicted octanol–water partition coefficient (Wildman–Crippen LogP) is 2.33. The van der Waals surface area contributed by atoms with Gasteiger partial charge >= 0.3 is 0 Å². The fourth-order valence-corrected chi connectivity index (χ4v) is 2.32. The summed E-state index contributed by atoms with van der Waals surface area (Å²) in [4.78, 5) is 0. The molecule has 1 rings (SSSR count). The molecule has 1 fully saturated rings. The summed E-state index contributed by atoms with van der Waals surface area (Å²) >= 11 is 0. The molecule has 17 heavy (non-hydrogen) atoms. The molecule has 0 aromatic heterocycles. The third-order valence-corrected chi connectivity index (χ3v) is 3.73. The van der Waals surface area contributed by atoms with Gasteiger partial charge in [0.25, 0.3) is 0 Å². The molecule has 0 spiro atoms. The molecule has 2 N–H and O–H groups in total. The molecule has 0 aromatic carbocycles. The lowest BCUT2D eigenvalue weighted by Gasteiger charge is -2.27. The standard InChI is InChI=1S/C14H29NO2/c1-4-12(3)15-9-13(16)10-17-14-7-5-6-11(2)8-14/h11-16H,4-10H2,1-3H3. The zero-order valence-corrected chi connectivity index (χ0v) is 11.6. The Hall–Kier alpha value is -0.120. The average molecular weight is 243 g/mol. The van der Waals surface area contributed by atoms with Gasteiger partial charge in [0, 0.05) is 12.6 Å². The van der Waals surface area contributed by atoms with Crippen LogP contribution in [0.1, 0.15) is 52.9 Å². The van der Waals surface area contributed by atoms with Gasteiger partial charge in [0.1, 0.15) is 0 Å². The van der Waals surface area contributed by atoms with Crippen molar-refractivity contribution in [3.8, 4) is 0 Å². The molecule has 0 aromatic rings. The number of aliphatic hydroxyl groups excluding tert-OH is 1. The van der Waals surface area contributed by atoms with Crippen LogP contribution in [0.3, 0.4) is 0 Å². The van der Waals surface area contributed by atoms with E-state index in [-0.39, 0.29) is 6.10 Å². The van der Waals surface area contributed by atoms with Gasteiger partial charge in [-0.3, -0.25) is 0 Å². The zero-order valence-electron chi connectivity index (χ0n) is 11.6. The Balaban J connectivity index is 2.08. The molecule has 0 radical (unpaired) electrons. The van der Waals surface area contributed by atoms with Crippen LogP contribution in [-0.2, 0) is 4.74 Å². The van der Waals surface area contributed by atoms with Crippen LogP contribution in [0, 0.1) is 5.92 Å². The van der Waals surface area contributed by atoms with Crippen molar-refractivity contribution in [2.24, 2.45) is 5.92 Å². The van der Waals surface area contributed by atoms with Crippen molar-refractivity contribution in [2.45, 2.75) is 71.1 Å². The highest BCUT2D eigenvalue weighted by Gasteiger charge is 2.20. The van der Waals surface area contributed by atoms with E-state index in [0.29, 0.717) is 25.3 Å². The monoisotopic (exact) mass is 243 g/mol. The molecule has 0 saturated heterocycles. The van der Waals surface area contributed by atoms with Crippen molar-refractivity contribution in [3.05, 3.63) is 0 Å². The van der Waals surface area contributed by atoms with Gasteiger partial charge in [-0.15, -0.1) is 0 Å². The van der Waals surface area contributed by atoms with Crippen molar-refractivity contribution in [1.29, 1.82) is 0 Å². The number of ether oxygens (including phenoxy) is 1. The molecule has 102 valence electrons. The van der Waals surface area contributed by atoms with E-state index in [4.69, 9.17) is 4.74 Å². The van der Waals surface area contributed by atoms with E-state index in [1.54, 1.807) is 0 Å². The molecular formula is C14H29NO2. The van der Waals surface area contributed by atoms with Gasteiger partial charge in [-0.2, -0.15) is 0 Å². The third kappa shape index (κ3) is 6.39. The first-order valence-corrected chi connectivity index (χ1v) is 7.14. The zero-order chi connectivity index (χ0) is 12.7. The van der Waals surface area contributed by atoms with Crippen LogP contribution in [-0.4, -0.2) is 36.5 Å². The molecular weight excluding hydrogens is 214 g/mol. The minimum atomic E-state index is -0.374. The maximum absolute atomic E-state index is 9.80. The average Bonchev–Trinajstić information content (AvgIpc) is 2.33. The first-order valence-electron chi connectivity index (χ1n) is 7.14. The van der Waals surface area contributed by atoms with Crippen LogP contribution in [0.15, 0.2) is 0 Å². The highest BCUT2D eigenvalue weighted by molar-refractivity contribution is 4.71. The largest absolute Gasteiger partial charge is 0.389 e. The smallest absolute Gasteiger partial charge is 0.0897 e. The maximum Gasteiger partial charge on any atom is 0.0897 e. The lowest BCUT2D eigenvalue weighted by atomic mass is 9.89. The molecule has 3 nitrogen and oxygen atoms in total. The normalized spacial score (nSPS) is 28.9. The van der Waals surface area contributed by atoms with E-state index >= 15 is 0 Å². The fourth-order valence-electron chi connectivity index (χ4n) is 2.32. The lowest BCUT2D eigenvalue weighted by Crippen LogP contribution is -2.36. The van der Waals surface area contributed by atoms with Crippen molar-refractivity contribution in [3.63, 3.8) is 0 Å². The Kier molecular flexibility index (Phi) is 7.09. The van der Waals surface area contributed by atoms with E-state index in [9.17, 15) is 5.11 Å². The van der Waals surface area contributed by atoms with Crippen LogP contribution in [0.25, 0.3) is 0 Å². The summed E-state index contributed by atoms with van der Waals surface area (Å²) in [5, 5.41) is 13.1. The minimum absolute atomic E-state index is 0.372. The van der Waals surface area contributed by atoms with Gasteiger partial charge in [-0.25, -0.2) is 0 Å². The molecule has 0 heterocycles. The summed E-state index contributed by atoms with van der Waals surface area (Å²) in [6, 6.07) is 0.472. The summed E-state index contributed by atoms with van der Waals surface area (Å²) in [7, 11) is 0. The number of hydrogen-bond acceptors (Lipinski definition) is 3. The third-order valence-electron chi connectivity index (χ3n) is 3.73. The molecule has 0 aliphatic heterocycles. The minimum Gasteiger partial charge on any atom is -0.389 e. The number of rotatable bonds is 7. The quantitative estimate of drug-likeness (QED) is 0.721.